The predicted octanol–water partition coefficient (Wildman–Crippen LogP) is 4.87. The summed E-state index contributed by atoms with van der Waals surface area (Å²) in [5.41, 5.74) is 1.66. The van der Waals surface area contributed by atoms with Crippen LogP contribution in [0.25, 0.3) is 5.69 Å². The summed E-state index contributed by atoms with van der Waals surface area (Å²) in [5, 5.41) is 9.31. The van der Waals surface area contributed by atoms with Crippen molar-refractivity contribution in [2.24, 2.45) is 5.41 Å². The highest BCUT2D eigenvalue weighted by Crippen LogP contribution is 2.27. The van der Waals surface area contributed by atoms with E-state index < -0.39 is 5.41 Å². The molecule has 3 aromatic rings. The van der Waals surface area contributed by atoms with Crippen molar-refractivity contribution in [1.82, 2.24) is 14.8 Å². The van der Waals surface area contributed by atoms with Gasteiger partial charge in [0.1, 0.15) is 23.9 Å². The van der Waals surface area contributed by atoms with E-state index in [-0.39, 0.29) is 12.4 Å². The Hall–Kier alpha value is -2.80. The molecule has 1 aromatic heterocycles. The second-order valence-electron chi connectivity index (χ2n) is 8.00. The quantitative estimate of drug-likeness (QED) is 0.480. The zero-order valence-electron chi connectivity index (χ0n) is 18.0. The number of methoxy groups -OCH3 is 1. The van der Waals surface area contributed by atoms with Crippen molar-refractivity contribution >= 4 is 17.5 Å². The first-order valence-corrected chi connectivity index (χ1v) is 10.7. The van der Waals surface area contributed by atoms with Crippen LogP contribution in [0.3, 0.4) is 0 Å². The van der Waals surface area contributed by atoms with Gasteiger partial charge in [-0.2, -0.15) is 0 Å². The SMILES string of the molecule is COc1ccc(-n2c(COc3ccc(C)cc3)nnc2SCC(=O)C(C)(C)C)cc1. The molecule has 0 aliphatic rings. The maximum Gasteiger partial charge on any atom is 0.196 e. The molecule has 2 aromatic carbocycles. The van der Waals surface area contributed by atoms with Gasteiger partial charge in [-0.25, -0.2) is 0 Å². The molecule has 0 aliphatic heterocycles. The Morgan fingerprint density at radius 1 is 1.00 bits per heavy atom. The Bertz CT molecular complexity index is 990. The molecule has 0 bridgehead atoms. The molecular formula is C23H27N3O3S. The van der Waals surface area contributed by atoms with Gasteiger partial charge in [0.05, 0.1) is 12.9 Å². The fourth-order valence-electron chi connectivity index (χ4n) is 2.61. The van der Waals surface area contributed by atoms with Crippen molar-refractivity contribution in [2.45, 2.75) is 39.5 Å². The van der Waals surface area contributed by atoms with E-state index in [1.807, 2.05) is 80.8 Å². The van der Waals surface area contributed by atoms with Crippen LogP contribution >= 0.6 is 11.8 Å². The number of carbonyl (C=O) groups excluding carboxylic acids is 1. The van der Waals surface area contributed by atoms with E-state index in [1.165, 1.54) is 17.3 Å². The average Bonchev–Trinajstić information content (AvgIpc) is 3.13. The van der Waals surface area contributed by atoms with Crippen molar-refractivity contribution < 1.29 is 14.3 Å². The summed E-state index contributed by atoms with van der Waals surface area (Å²) in [6.45, 7) is 8.06. The van der Waals surface area contributed by atoms with Crippen molar-refractivity contribution in [2.75, 3.05) is 12.9 Å². The molecule has 0 unspecified atom stereocenters. The Balaban J connectivity index is 1.86. The van der Waals surface area contributed by atoms with Gasteiger partial charge in [0.2, 0.25) is 0 Å². The highest BCUT2D eigenvalue weighted by atomic mass is 32.2. The fraction of sp³-hybridized carbons (Fsp3) is 0.348. The lowest BCUT2D eigenvalue weighted by atomic mass is 9.92. The normalized spacial score (nSPS) is 11.4. The summed E-state index contributed by atoms with van der Waals surface area (Å²) in [5.74, 6) is 2.68. The largest absolute Gasteiger partial charge is 0.497 e. The summed E-state index contributed by atoms with van der Waals surface area (Å²) < 4.78 is 13.1. The van der Waals surface area contributed by atoms with Gasteiger partial charge in [0.25, 0.3) is 0 Å². The average molecular weight is 426 g/mol. The lowest BCUT2D eigenvalue weighted by molar-refractivity contribution is -0.123. The second-order valence-corrected chi connectivity index (χ2v) is 8.94. The van der Waals surface area contributed by atoms with Gasteiger partial charge >= 0.3 is 0 Å². The number of ketones is 1. The van der Waals surface area contributed by atoms with Gasteiger partial charge in [-0.05, 0) is 43.3 Å². The van der Waals surface area contributed by atoms with Crippen molar-refractivity contribution in [3.63, 3.8) is 0 Å². The lowest BCUT2D eigenvalue weighted by Crippen LogP contribution is -2.22. The third-order valence-corrected chi connectivity index (χ3v) is 5.52. The zero-order valence-corrected chi connectivity index (χ0v) is 18.8. The number of aromatic nitrogens is 3. The summed E-state index contributed by atoms with van der Waals surface area (Å²) in [6, 6.07) is 15.5. The highest BCUT2D eigenvalue weighted by Gasteiger charge is 2.23. The van der Waals surface area contributed by atoms with E-state index in [0.717, 1.165) is 17.2 Å². The lowest BCUT2D eigenvalue weighted by Gasteiger charge is -2.16. The third-order valence-electron chi connectivity index (χ3n) is 4.59. The number of hydrogen-bond acceptors (Lipinski definition) is 6. The van der Waals surface area contributed by atoms with Crippen molar-refractivity contribution in [1.29, 1.82) is 0 Å². The first-order chi connectivity index (χ1) is 14.3. The van der Waals surface area contributed by atoms with Gasteiger partial charge in [0.15, 0.2) is 11.0 Å². The topological polar surface area (TPSA) is 66.2 Å². The molecule has 158 valence electrons. The number of ether oxygens (including phenoxy) is 2. The van der Waals surface area contributed by atoms with Gasteiger partial charge in [-0.15, -0.1) is 10.2 Å². The minimum Gasteiger partial charge on any atom is -0.497 e. The van der Waals surface area contributed by atoms with Gasteiger partial charge < -0.3 is 9.47 Å². The van der Waals surface area contributed by atoms with Crippen LogP contribution in [0.15, 0.2) is 53.7 Å². The van der Waals surface area contributed by atoms with E-state index in [1.54, 1.807) is 7.11 Å². The van der Waals surface area contributed by atoms with E-state index in [4.69, 9.17) is 9.47 Å². The molecule has 0 radical (unpaired) electrons. The predicted molar refractivity (Wildman–Crippen MR) is 119 cm³/mol. The maximum atomic E-state index is 12.4. The molecule has 7 heteroatoms. The number of carbonyl (C=O) groups is 1. The molecule has 1 heterocycles. The number of Topliss-reactive ketones (excluding diaryl/α,β-unsaturated/α-hetero) is 1. The van der Waals surface area contributed by atoms with Crippen LogP contribution in [0.1, 0.15) is 32.2 Å². The van der Waals surface area contributed by atoms with Crippen LogP contribution in [0.2, 0.25) is 0 Å². The minimum atomic E-state index is -0.394. The van der Waals surface area contributed by atoms with Crippen LogP contribution in [0, 0.1) is 12.3 Å². The molecule has 6 nitrogen and oxygen atoms in total. The number of nitrogens with zero attached hydrogens (tertiary/aromatic N) is 3. The zero-order chi connectivity index (χ0) is 21.7. The number of rotatable bonds is 8. The number of aryl methyl sites for hydroxylation is 1. The fourth-order valence-corrected chi connectivity index (χ4v) is 3.74. The molecule has 0 saturated heterocycles. The van der Waals surface area contributed by atoms with E-state index in [2.05, 4.69) is 10.2 Å². The molecule has 0 saturated carbocycles. The molecular weight excluding hydrogens is 398 g/mol. The Morgan fingerprint density at radius 2 is 1.63 bits per heavy atom. The van der Waals surface area contributed by atoms with Crippen LogP contribution in [0.4, 0.5) is 0 Å². The molecule has 0 amide bonds. The first kappa shape index (κ1) is 21.9. The summed E-state index contributed by atoms with van der Waals surface area (Å²) in [6.07, 6.45) is 0. The second kappa shape index (κ2) is 9.34. The number of thioether (sulfide) groups is 1. The van der Waals surface area contributed by atoms with Crippen LogP contribution in [-0.2, 0) is 11.4 Å². The molecule has 0 fully saturated rings. The Kier molecular flexibility index (Phi) is 6.82. The van der Waals surface area contributed by atoms with Gasteiger partial charge in [-0.3, -0.25) is 9.36 Å². The molecule has 0 atom stereocenters. The van der Waals surface area contributed by atoms with E-state index in [0.29, 0.717) is 16.7 Å². The monoisotopic (exact) mass is 425 g/mol. The van der Waals surface area contributed by atoms with Gasteiger partial charge in [0, 0.05) is 11.1 Å². The molecule has 0 N–H and O–H groups in total. The Morgan fingerprint density at radius 3 is 2.23 bits per heavy atom. The van der Waals surface area contributed by atoms with E-state index in [9.17, 15) is 4.79 Å². The molecule has 3 rings (SSSR count). The maximum absolute atomic E-state index is 12.4. The van der Waals surface area contributed by atoms with E-state index >= 15 is 0 Å². The van der Waals surface area contributed by atoms with Crippen molar-refractivity contribution in [3.8, 4) is 17.2 Å². The number of benzene rings is 2. The first-order valence-electron chi connectivity index (χ1n) is 9.72. The van der Waals surface area contributed by atoms with Crippen LogP contribution in [0.5, 0.6) is 11.5 Å². The van der Waals surface area contributed by atoms with Crippen LogP contribution < -0.4 is 9.47 Å². The summed E-state index contributed by atoms with van der Waals surface area (Å²) >= 11 is 1.38. The standard InChI is InChI=1S/C23H27N3O3S/c1-16-6-10-19(11-7-16)29-14-21-24-25-22(30-15-20(27)23(2,3)4)26(21)17-8-12-18(28-5)13-9-17/h6-13H,14-15H2,1-5H3. The summed E-state index contributed by atoms with van der Waals surface area (Å²) in [4.78, 5) is 12.4. The van der Waals surface area contributed by atoms with Crippen molar-refractivity contribution in [3.05, 3.63) is 59.9 Å². The highest BCUT2D eigenvalue weighted by molar-refractivity contribution is 7.99. The summed E-state index contributed by atoms with van der Waals surface area (Å²) in [7, 11) is 1.63. The molecule has 0 aliphatic carbocycles. The van der Waals surface area contributed by atoms with Gasteiger partial charge in [-0.1, -0.05) is 50.2 Å². The number of hydrogen-bond donors (Lipinski definition) is 0. The molecule has 0 spiro atoms. The van der Waals surface area contributed by atoms with Crippen LogP contribution in [-0.4, -0.2) is 33.4 Å². The third kappa shape index (κ3) is 5.42. The smallest absolute Gasteiger partial charge is 0.196 e. The Labute approximate surface area is 181 Å². The minimum absolute atomic E-state index is 0.161. The molecule has 30 heavy (non-hydrogen) atoms.